The number of nitrogens with zero attached hydrogens (tertiary/aromatic N) is 2. The third-order valence-corrected chi connectivity index (χ3v) is 4.42. The van der Waals surface area contributed by atoms with Crippen molar-refractivity contribution in [2.75, 3.05) is 33.2 Å². The average molecular weight is 253 g/mol. The van der Waals surface area contributed by atoms with E-state index in [0.717, 1.165) is 13.1 Å². The van der Waals surface area contributed by atoms with E-state index in [9.17, 15) is 0 Å². The second kappa shape index (κ2) is 5.10. The van der Waals surface area contributed by atoms with Gasteiger partial charge in [-0.3, -0.25) is 5.43 Å². The van der Waals surface area contributed by atoms with Crippen molar-refractivity contribution in [3.8, 4) is 0 Å². The molecule has 0 aromatic heterocycles. The number of hydrogen-bond donors (Lipinski definition) is 1. The summed E-state index contributed by atoms with van der Waals surface area (Å²) in [6, 6.07) is 0.659. The van der Waals surface area contributed by atoms with E-state index in [1.165, 1.54) is 32.4 Å². The molecule has 3 heteroatoms. The van der Waals surface area contributed by atoms with Crippen LogP contribution in [0.5, 0.6) is 0 Å². The average Bonchev–Trinajstić information content (AvgIpc) is 2.16. The molecule has 18 heavy (non-hydrogen) atoms. The molecule has 3 nitrogen and oxygen atoms in total. The Kier molecular flexibility index (Phi) is 4.05. The second-order valence-electron chi connectivity index (χ2n) is 8.03. The molecule has 0 aromatic carbocycles. The Morgan fingerprint density at radius 1 is 0.889 bits per heavy atom. The lowest BCUT2D eigenvalue weighted by Gasteiger charge is -2.47. The highest BCUT2D eigenvalue weighted by atomic mass is 15.5. The molecule has 1 saturated heterocycles. The smallest absolute Gasteiger partial charge is 0.0259 e. The standard InChI is InChI=1S/C15H31N3/c1-14(2)10-13(11-15(3,4)12-14)16-18-8-6-17(5)7-9-18/h13,16H,6-12H2,1-5H3. The van der Waals surface area contributed by atoms with Crippen molar-refractivity contribution < 1.29 is 0 Å². The lowest BCUT2D eigenvalue weighted by molar-refractivity contribution is 0.0232. The van der Waals surface area contributed by atoms with E-state index < -0.39 is 0 Å². The van der Waals surface area contributed by atoms with E-state index in [2.05, 4.69) is 50.1 Å². The summed E-state index contributed by atoms with van der Waals surface area (Å²) >= 11 is 0. The minimum Gasteiger partial charge on any atom is -0.304 e. The highest BCUT2D eigenvalue weighted by Crippen LogP contribution is 2.45. The summed E-state index contributed by atoms with van der Waals surface area (Å²) in [5.41, 5.74) is 4.75. The molecule has 0 amide bonds. The molecule has 1 heterocycles. The maximum atomic E-state index is 3.80. The van der Waals surface area contributed by atoms with E-state index in [-0.39, 0.29) is 0 Å². The number of piperazine rings is 1. The fourth-order valence-electron chi connectivity index (χ4n) is 4.13. The molecular weight excluding hydrogens is 222 g/mol. The van der Waals surface area contributed by atoms with Gasteiger partial charge in [-0.05, 0) is 37.1 Å². The van der Waals surface area contributed by atoms with Gasteiger partial charge in [0.25, 0.3) is 0 Å². The summed E-state index contributed by atoms with van der Waals surface area (Å²) in [5, 5.41) is 2.45. The van der Waals surface area contributed by atoms with Crippen LogP contribution in [0.2, 0.25) is 0 Å². The van der Waals surface area contributed by atoms with Crippen LogP contribution in [0, 0.1) is 10.8 Å². The quantitative estimate of drug-likeness (QED) is 0.815. The fraction of sp³-hybridized carbons (Fsp3) is 1.00. The number of hydrogen-bond acceptors (Lipinski definition) is 3. The van der Waals surface area contributed by atoms with Gasteiger partial charge in [0.05, 0.1) is 0 Å². The van der Waals surface area contributed by atoms with Gasteiger partial charge < -0.3 is 4.90 Å². The van der Waals surface area contributed by atoms with Crippen molar-refractivity contribution in [2.45, 2.75) is 53.0 Å². The Morgan fingerprint density at radius 2 is 1.39 bits per heavy atom. The summed E-state index contributed by atoms with van der Waals surface area (Å²) in [4.78, 5) is 2.41. The van der Waals surface area contributed by atoms with Gasteiger partial charge >= 0.3 is 0 Å². The van der Waals surface area contributed by atoms with E-state index in [1.807, 2.05) is 0 Å². The third-order valence-electron chi connectivity index (χ3n) is 4.42. The first-order valence-electron chi connectivity index (χ1n) is 7.46. The largest absolute Gasteiger partial charge is 0.304 e. The van der Waals surface area contributed by atoms with Crippen LogP contribution in [0.25, 0.3) is 0 Å². The SMILES string of the molecule is CN1CCN(NC2CC(C)(C)CC(C)(C)C2)CC1. The molecule has 0 atom stereocenters. The van der Waals surface area contributed by atoms with E-state index in [1.54, 1.807) is 0 Å². The Balaban J connectivity index is 1.89. The summed E-state index contributed by atoms with van der Waals surface area (Å²) in [6.07, 6.45) is 3.96. The van der Waals surface area contributed by atoms with Gasteiger partial charge in [-0.1, -0.05) is 27.7 Å². The molecule has 1 aliphatic carbocycles. The van der Waals surface area contributed by atoms with Gasteiger partial charge in [0.1, 0.15) is 0 Å². The van der Waals surface area contributed by atoms with Crippen LogP contribution in [-0.2, 0) is 0 Å². The van der Waals surface area contributed by atoms with Gasteiger partial charge in [0, 0.05) is 32.2 Å². The zero-order valence-electron chi connectivity index (χ0n) is 12.9. The van der Waals surface area contributed by atoms with E-state index >= 15 is 0 Å². The van der Waals surface area contributed by atoms with Gasteiger partial charge in [0.2, 0.25) is 0 Å². The van der Waals surface area contributed by atoms with Gasteiger partial charge in [0.15, 0.2) is 0 Å². The molecular formula is C15H31N3. The van der Waals surface area contributed by atoms with Gasteiger partial charge in [-0.2, -0.15) is 0 Å². The number of nitrogens with one attached hydrogen (secondary N) is 1. The fourth-order valence-corrected chi connectivity index (χ4v) is 4.13. The zero-order valence-corrected chi connectivity index (χ0v) is 12.9. The van der Waals surface area contributed by atoms with Crippen LogP contribution in [-0.4, -0.2) is 49.2 Å². The van der Waals surface area contributed by atoms with Crippen LogP contribution in [0.1, 0.15) is 47.0 Å². The molecule has 2 aliphatic rings. The van der Waals surface area contributed by atoms with Crippen molar-refractivity contribution in [3.63, 3.8) is 0 Å². The molecule has 0 spiro atoms. The summed E-state index contributed by atoms with van der Waals surface area (Å²) in [5.74, 6) is 0. The first-order valence-corrected chi connectivity index (χ1v) is 7.46. The van der Waals surface area contributed by atoms with Crippen LogP contribution in [0.4, 0.5) is 0 Å². The van der Waals surface area contributed by atoms with Crippen LogP contribution < -0.4 is 5.43 Å². The maximum absolute atomic E-state index is 3.80. The summed E-state index contributed by atoms with van der Waals surface area (Å²) < 4.78 is 0. The highest BCUT2D eigenvalue weighted by Gasteiger charge is 2.38. The lowest BCUT2D eigenvalue weighted by atomic mass is 9.64. The Bertz CT molecular complexity index is 261. The molecule has 1 saturated carbocycles. The Morgan fingerprint density at radius 3 is 1.89 bits per heavy atom. The van der Waals surface area contributed by atoms with Crippen molar-refractivity contribution in [2.24, 2.45) is 10.8 Å². The van der Waals surface area contributed by atoms with Crippen LogP contribution in [0.15, 0.2) is 0 Å². The predicted octanol–water partition coefficient (Wildman–Crippen LogP) is 2.34. The Hall–Kier alpha value is -0.120. The van der Waals surface area contributed by atoms with Crippen LogP contribution >= 0.6 is 0 Å². The van der Waals surface area contributed by atoms with Crippen LogP contribution in [0.3, 0.4) is 0 Å². The molecule has 0 bridgehead atoms. The summed E-state index contributed by atoms with van der Waals surface area (Å²) in [6.45, 7) is 14.4. The molecule has 0 radical (unpaired) electrons. The molecule has 0 aromatic rings. The first kappa shape index (κ1) is 14.3. The molecule has 0 unspecified atom stereocenters. The highest BCUT2D eigenvalue weighted by molar-refractivity contribution is 4.92. The van der Waals surface area contributed by atoms with Crippen molar-refractivity contribution in [3.05, 3.63) is 0 Å². The second-order valence-corrected chi connectivity index (χ2v) is 8.03. The summed E-state index contributed by atoms with van der Waals surface area (Å²) in [7, 11) is 2.21. The minimum absolute atomic E-state index is 0.478. The Labute approximate surface area is 113 Å². The zero-order chi connectivity index (χ0) is 13.4. The number of rotatable bonds is 2. The van der Waals surface area contributed by atoms with Crippen molar-refractivity contribution in [1.82, 2.24) is 15.3 Å². The molecule has 106 valence electrons. The van der Waals surface area contributed by atoms with Crippen molar-refractivity contribution >= 4 is 0 Å². The van der Waals surface area contributed by atoms with Crippen molar-refractivity contribution in [1.29, 1.82) is 0 Å². The minimum atomic E-state index is 0.478. The monoisotopic (exact) mass is 253 g/mol. The third kappa shape index (κ3) is 3.94. The lowest BCUT2D eigenvalue weighted by Crippen LogP contribution is -2.56. The van der Waals surface area contributed by atoms with E-state index in [0.29, 0.717) is 16.9 Å². The predicted molar refractivity (Wildman–Crippen MR) is 77.4 cm³/mol. The normalized spacial score (nSPS) is 30.5. The molecule has 2 rings (SSSR count). The molecule has 1 N–H and O–H groups in total. The molecule has 1 aliphatic heterocycles. The number of likely N-dealkylation sites (N-methyl/N-ethyl adjacent to an activating group) is 1. The van der Waals surface area contributed by atoms with E-state index in [4.69, 9.17) is 0 Å². The topological polar surface area (TPSA) is 18.5 Å². The maximum Gasteiger partial charge on any atom is 0.0259 e. The number of hydrazine groups is 1. The van der Waals surface area contributed by atoms with Gasteiger partial charge in [-0.15, -0.1) is 0 Å². The molecule has 2 fully saturated rings. The van der Waals surface area contributed by atoms with Gasteiger partial charge in [-0.25, -0.2) is 5.01 Å². The first-order chi connectivity index (χ1) is 8.26.